The lowest BCUT2D eigenvalue weighted by molar-refractivity contribution is 0.279. The molecule has 102 valence electrons. The van der Waals surface area contributed by atoms with Gasteiger partial charge in [-0.25, -0.2) is 8.42 Å². The first-order valence-electron chi connectivity index (χ1n) is 6.37. The second kappa shape index (κ2) is 5.69. The Balaban J connectivity index is 2.12. The highest BCUT2D eigenvalue weighted by atomic mass is 32.2. The summed E-state index contributed by atoms with van der Waals surface area (Å²) in [5.41, 5.74) is 5.62. The van der Waals surface area contributed by atoms with Gasteiger partial charge >= 0.3 is 0 Å². The number of piperidine rings is 1. The number of thiophene rings is 1. The van der Waals surface area contributed by atoms with Gasteiger partial charge in [-0.3, -0.25) is 0 Å². The van der Waals surface area contributed by atoms with Gasteiger partial charge in [0.1, 0.15) is 4.21 Å². The molecule has 0 amide bonds. The van der Waals surface area contributed by atoms with Crippen LogP contribution in [0.1, 0.15) is 24.6 Å². The van der Waals surface area contributed by atoms with E-state index in [0.29, 0.717) is 29.8 Å². The number of aryl methyl sites for hydroxylation is 1. The smallest absolute Gasteiger partial charge is 0.252 e. The van der Waals surface area contributed by atoms with E-state index in [2.05, 4.69) is 0 Å². The minimum Gasteiger partial charge on any atom is -0.330 e. The zero-order valence-electron chi connectivity index (χ0n) is 10.6. The molecule has 1 aliphatic rings. The molecule has 0 bridgehead atoms. The third kappa shape index (κ3) is 2.77. The second-order valence-corrected chi connectivity index (χ2v) is 7.99. The number of nitrogens with zero attached hydrogens (tertiary/aromatic N) is 1. The van der Waals surface area contributed by atoms with Crippen molar-refractivity contribution in [2.75, 3.05) is 19.6 Å². The second-order valence-electron chi connectivity index (χ2n) is 4.66. The topological polar surface area (TPSA) is 63.4 Å². The van der Waals surface area contributed by atoms with Crippen LogP contribution in [0.4, 0.5) is 0 Å². The predicted octanol–water partition coefficient (Wildman–Crippen LogP) is 1.67. The van der Waals surface area contributed by atoms with Crippen molar-refractivity contribution in [1.29, 1.82) is 0 Å². The van der Waals surface area contributed by atoms with Crippen molar-refractivity contribution in [2.24, 2.45) is 11.7 Å². The molecule has 1 aromatic rings. The zero-order valence-corrected chi connectivity index (χ0v) is 12.3. The summed E-state index contributed by atoms with van der Waals surface area (Å²) in [4.78, 5) is 1.12. The van der Waals surface area contributed by atoms with Crippen LogP contribution in [0, 0.1) is 5.92 Å². The quantitative estimate of drug-likeness (QED) is 0.916. The number of hydrogen-bond acceptors (Lipinski definition) is 4. The van der Waals surface area contributed by atoms with Crippen LogP contribution in [0.2, 0.25) is 0 Å². The minimum atomic E-state index is -3.27. The van der Waals surface area contributed by atoms with Gasteiger partial charge in [-0.05, 0) is 43.9 Å². The third-order valence-corrected chi connectivity index (χ3v) is 7.08. The Morgan fingerprint density at radius 3 is 2.56 bits per heavy atom. The summed E-state index contributed by atoms with van der Waals surface area (Å²) >= 11 is 1.39. The van der Waals surface area contributed by atoms with Gasteiger partial charge in [0, 0.05) is 18.0 Å². The molecule has 18 heavy (non-hydrogen) atoms. The molecule has 2 heterocycles. The highest BCUT2D eigenvalue weighted by Gasteiger charge is 2.29. The maximum atomic E-state index is 12.4. The molecule has 6 heteroatoms. The van der Waals surface area contributed by atoms with E-state index in [1.807, 2.05) is 13.0 Å². The number of nitrogens with two attached hydrogens (primary N) is 1. The average Bonchev–Trinajstić information content (AvgIpc) is 2.88. The lowest BCUT2D eigenvalue weighted by atomic mass is 9.99. The fraction of sp³-hybridized carbons (Fsp3) is 0.667. The molecule has 1 saturated heterocycles. The molecule has 0 atom stereocenters. The Labute approximate surface area is 113 Å². The Morgan fingerprint density at radius 1 is 1.39 bits per heavy atom. The van der Waals surface area contributed by atoms with Crippen molar-refractivity contribution < 1.29 is 8.42 Å². The van der Waals surface area contributed by atoms with E-state index in [1.54, 1.807) is 10.4 Å². The van der Waals surface area contributed by atoms with Crippen LogP contribution >= 0.6 is 11.3 Å². The van der Waals surface area contributed by atoms with Gasteiger partial charge in [-0.2, -0.15) is 4.31 Å². The van der Waals surface area contributed by atoms with E-state index < -0.39 is 10.0 Å². The first-order valence-corrected chi connectivity index (χ1v) is 8.62. The maximum Gasteiger partial charge on any atom is 0.252 e. The lowest BCUT2D eigenvalue weighted by Crippen LogP contribution is -2.39. The summed E-state index contributed by atoms with van der Waals surface area (Å²) in [5.74, 6) is 0.478. The summed E-state index contributed by atoms with van der Waals surface area (Å²) in [6.07, 6.45) is 2.64. The van der Waals surface area contributed by atoms with Crippen molar-refractivity contribution in [3.63, 3.8) is 0 Å². The highest BCUT2D eigenvalue weighted by molar-refractivity contribution is 7.91. The van der Waals surface area contributed by atoms with E-state index in [1.165, 1.54) is 11.3 Å². The van der Waals surface area contributed by atoms with Gasteiger partial charge in [-0.15, -0.1) is 11.3 Å². The minimum absolute atomic E-state index is 0.477. The van der Waals surface area contributed by atoms with Crippen LogP contribution in [0.3, 0.4) is 0 Å². The molecule has 0 radical (unpaired) electrons. The van der Waals surface area contributed by atoms with Gasteiger partial charge in [0.2, 0.25) is 0 Å². The first kappa shape index (κ1) is 14.0. The first-order chi connectivity index (χ1) is 8.57. The van der Waals surface area contributed by atoms with Gasteiger partial charge in [0.15, 0.2) is 0 Å². The van der Waals surface area contributed by atoms with E-state index in [-0.39, 0.29) is 0 Å². The van der Waals surface area contributed by atoms with Crippen molar-refractivity contribution >= 4 is 21.4 Å². The van der Waals surface area contributed by atoms with Gasteiger partial charge in [0.25, 0.3) is 10.0 Å². The molecule has 2 rings (SSSR count). The summed E-state index contributed by atoms with van der Waals surface area (Å²) < 4.78 is 26.9. The normalized spacial score (nSPS) is 19.2. The van der Waals surface area contributed by atoms with Crippen LogP contribution < -0.4 is 5.73 Å². The summed E-state index contributed by atoms with van der Waals surface area (Å²) in [6, 6.07) is 3.64. The molecule has 4 nitrogen and oxygen atoms in total. The number of rotatable bonds is 4. The monoisotopic (exact) mass is 288 g/mol. The maximum absolute atomic E-state index is 12.4. The Bertz CT molecular complexity index is 488. The molecular formula is C12H20N2O2S2. The van der Waals surface area contributed by atoms with Gasteiger partial charge < -0.3 is 5.73 Å². The number of hydrogen-bond donors (Lipinski definition) is 1. The third-order valence-electron chi connectivity index (χ3n) is 3.49. The Kier molecular flexibility index (Phi) is 4.42. The van der Waals surface area contributed by atoms with Crippen molar-refractivity contribution in [3.05, 3.63) is 17.0 Å². The highest BCUT2D eigenvalue weighted by Crippen LogP contribution is 2.28. The molecule has 0 aromatic carbocycles. The molecule has 2 N–H and O–H groups in total. The Hall–Kier alpha value is -0.430. The van der Waals surface area contributed by atoms with Crippen molar-refractivity contribution in [2.45, 2.75) is 30.4 Å². The van der Waals surface area contributed by atoms with Crippen LogP contribution in [0.25, 0.3) is 0 Å². The molecule has 0 spiro atoms. The molecule has 1 aliphatic heterocycles. The number of sulfonamides is 1. The Morgan fingerprint density at radius 2 is 2.06 bits per heavy atom. The molecule has 0 unspecified atom stereocenters. The van der Waals surface area contributed by atoms with E-state index >= 15 is 0 Å². The SMILES string of the molecule is CCc1ccc(S(=O)(=O)N2CCC(CN)CC2)s1. The van der Waals surface area contributed by atoms with Crippen LogP contribution in [-0.2, 0) is 16.4 Å². The van der Waals surface area contributed by atoms with Crippen LogP contribution in [0.15, 0.2) is 16.3 Å². The van der Waals surface area contributed by atoms with Gasteiger partial charge in [0.05, 0.1) is 0 Å². The fourth-order valence-electron chi connectivity index (χ4n) is 2.20. The predicted molar refractivity (Wildman–Crippen MR) is 74.2 cm³/mol. The van der Waals surface area contributed by atoms with Crippen LogP contribution in [0.5, 0.6) is 0 Å². The van der Waals surface area contributed by atoms with Crippen LogP contribution in [-0.4, -0.2) is 32.4 Å². The molecule has 0 saturated carbocycles. The summed E-state index contributed by atoms with van der Waals surface area (Å²) in [7, 11) is -3.27. The largest absolute Gasteiger partial charge is 0.330 e. The summed E-state index contributed by atoms with van der Waals surface area (Å²) in [6.45, 7) is 3.90. The van der Waals surface area contributed by atoms with E-state index in [0.717, 1.165) is 24.1 Å². The standard InChI is InChI=1S/C12H20N2O2S2/c1-2-11-3-4-12(17-11)18(15,16)14-7-5-10(9-13)6-8-14/h3-4,10H,2,5-9,13H2,1H3. The van der Waals surface area contributed by atoms with Crippen molar-refractivity contribution in [1.82, 2.24) is 4.31 Å². The lowest BCUT2D eigenvalue weighted by Gasteiger charge is -2.30. The average molecular weight is 288 g/mol. The molecular weight excluding hydrogens is 268 g/mol. The van der Waals surface area contributed by atoms with E-state index in [9.17, 15) is 8.42 Å². The molecule has 1 fully saturated rings. The van der Waals surface area contributed by atoms with Crippen molar-refractivity contribution in [3.8, 4) is 0 Å². The zero-order chi connectivity index (χ0) is 13.2. The fourth-order valence-corrected chi connectivity index (χ4v) is 5.12. The molecule has 1 aromatic heterocycles. The molecule has 0 aliphatic carbocycles. The van der Waals surface area contributed by atoms with Gasteiger partial charge in [-0.1, -0.05) is 6.92 Å². The van der Waals surface area contributed by atoms with E-state index in [4.69, 9.17) is 5.73 Å². The summed E-state index contributed by atoms with van der Waals surface area (Å²) in [5, 5.41) is 0.